The maximum absolute atomic E-state index is 11.2. The summed E-state index contributed by atoms with van der Waals surface area (Å²) in [5, 5.41) is 13.7. The summed E-state index contributed by atoms with van der Waals surface area (Å²) in [7, 11) is 0. The Hall–Kier alpha value is -1.04. The van der Waals surface area contributed by atoms with E-state index in [0.717, 1.165) is 0 Å². The normalized spacial score (nSPS) is 13.8. The number of rotatable bonds is 5. The van der Waals surface area contributed by atoms with Crippen molar-refractivity contribution in [3.05, 3.63) is 11.1 Å². The third-order valence-electron chi connectivity index (χ3n) is 1.94. The predicted molar refractivity (Wildman–Crippen MR) is 60.9 cm³/mol. The largest absolute Gasteiger partial charge is 0.481 e. The van der Waals surface area contributed by atoms with Crippen molar-refractivity contribution < 1.29 is 14.7 Å². The lowest BCUT2D eigenvalue weighted by molar-refractivity contribution is -0.141. The van der Waals surface area contributed by atoms with E-state index in [0.29, 0.717) is 11.0 Å². The topological polar surface area (TPSA) is 78.4 Å². The monoisotopic (exact) mass is 278 g/mol. The van der Waals surface area contributed by atoms with Crippen molar-refractivity contribution >= 4 is 27.9 Å². The maximum atomic E-state index is 11.2. The van der Waals surface area contributed by atoms with E-state index in [1.807, 2.05) is 0 Å². The van der Waals surface area contributed by atoms with E-state index in [4.69, 9.17) is 5.11 Å². The highest BCUT2D eigenvalue weighted by atomic mass is 79.9. The lowest BCUT2D eigenvalue weighted by Crippen LogP contribution is -2.45. The van der Waals surface area contributed by atoms with Crippen molar-refractivity contribution in [2.24, 2.45) is 5.92 Å². The molecule has 0 bridgehead atoms. The Balaban J connectivity index is 3.96. The molecule has 2 atom stereocenters. The van der Waals surface area contributed by atoms with Gasteiger partial charge in [0.2, 0.25) is 0 Å². The van der Waals surface area contributed by atoms with E-state index < -0.39 is 24.0 Å². The Morgan fingerprint density at radius 2 is 2.00 bits per heavy atom. The molecule has 2 unspecified atom stereocenters. The van der Waals surface area contributed by atoms with E-state index in [1.165, 1.54) is 6.92 Å². The summed E-state index contributed by atoms with van der Waals surface area (Å²) in [6, 6.07) is -0.831. The van der Waals surface area contributed by atoms with Gasteiger partial charge in [0.15, 0.2) is 0 Å². The number of aliphatic carboxylic acids is 1. The third-order valence-corrected chi connectivity index (χ3v) is 2.22. The number of hydrogen-bond acceptors (Lipinski definition) is 2. The average molecular weight is 279 g/mol. The van der Waals surface area contributed by atoms with Gasteiger partial charge in [0, 0.05) is 10.5 Å². The van der Waals surface area contributed by atoms with E-state index in [-0.39, 0.29) is 0 Å². The number of carboxylic acids is 1. The molecule has 0 radical (unpaired) electrons. The third kappa shape index (κ3) is 6.11. The van der Waals surface area contributed by atoms with Crippen molar-refractivity contribution in [1.82, 2.24) is 10.6 Å². The Morgan fingerprint density at radius 1 is 1.47 bits per heavy atom. The Labute approximate surface area is 97.1 Å². The highest BCUT2D eigenvalue weighted by Gasteiger charge is 2.20. The molecular weight excluding hydrogens is 264 g/mol. The molecule has 0 aromatic carbocycles. The fourth-order valence-corrected chi connectivity index (χ4v) is 0.913. The molecule has 0 aliphatic heterocycles. The van der Waals surface area contributed by atoms with Gasteiger partial charge < -0.3 is 15.7 Å². The lowest BCUT2D eigenvalue weighted by Gasteiger charge is -2.17. The second-order valence-corrected chi connectivity index (χ2v) is 4.38. The van der Waals surface area contributed by atoms with Crippen molar-refractivity contribution in [2.45, 2.75) is 19.9 Å². The number of carboxylic acid groups (broad SMARTS) is 1. The smallest absolute Gasteiger partial charge is 0.315 e. The fraction of sp³-hybridized carbons (Fsp3) is 0.556. The van der Waals surface area contributed by atoms with Crippen molar-refractivity contribution in [2.75, 3.05) is 6.54 Å². The highest BCUT2D eigenvalue weighted by molar-refractivity contribution is 9.11. The Bertz CT molecular complexity index is 268. The van der Waals surface area contributed by atoms with Crippen LogP contribution in [0.2, 0.25) is 0 Å². The molecule has 3 N–H and O–H groups in total. The van der Waals surface area contributed by atoms with Gasteiger partial charge in [-0.3, -0.25) is 4.79 Å². The highest BCUT2D eigenvalue weighted by Crippen LogP contribution is 2.02. The summed E-state index contributed by atoms with van der Waals surface area (Å²) >= 11 is 3.09. The SMILES string of the molecule is C=C(Br)CNC(=O)NC(C)C(C)C(=O)O. The van der Waals surface area contributed by atoms with Crippen LogP contribution in [0.15, 0.2) is 11.1 Å². The van der Waals surface area contributed by atoms with Crippen LogP contribution in [0.1, 0.15) is 13.8 Å². The molecule has 0 rings (SSSR count). The van der Waals surface area contributed by atoms with Crippen LogP contribution >= 0.6 is 15.9 Å². The van der Waals surface area contributed by atoms with Gasteiger partial charge in [0.05, 0.1) is 12.5 Å². The molecule has 0 aromatic heterocycles. The maximum Gasteiger partial charge on any atom is 0.315 e. The number of urea groups is 1. The first-order valence-electron chi connectivity index (χ1n) is 4.45. The summed E-state index contributed by atoms with van der Waals surface area (Å²) in [6.07, 6.45) is 0. The summed E-state index contributed by atoms with van der Waals surface area (Å²) in [4.78, 5) is 21.8. The standard InChI is InChI=1S/C9H15BrN2O3/c1-5(10)4-11-9(15)12-7(3)6(2)8(13)14/h6-7H,1,4H2,2-3H3,(H,13,14)(H2,11,12,15). The molecule has 0 aliphatic rings. The minimum atomic E-state index is -0.937. The van der Waals surface area contributed by atoms with Crippen molar-refractivity contribution in [3.8, 4) is 0 Å². The van der Waals surface area contributed by atoms with Crippen LogP contribution < -0.4 is 10.6 Å². The Morgan fingerprint density at radius 3 is 2.40 bits per heavy atom. The first-order valence-corrected chi connectivity index (χ1v) is 5.24. The molecule has 5 nitrogen and oxygen atoms in total. The van der Waals surface area contributed by atoms with Crippen LogP contribution in [-0.2, 0) is 4.79 Å². The molecule has 0 fully saturated rings. The number of amides is 2. The number of carbonyl (C=O) groups excluding carboxylic acids is 1. The second-order valence-electron chi connectivity index (χ2n) is 3.26. The summed E-state index contributed by atoms with van der Waals surface area (Å²) in [6.45, 7) is 7.03. The van der Waals surface area contributed by atoms with E-state index >= 15 is 0 Å². The quantitative estimate of drug-likeness (QED) is 0.709. The number of nitrogens with one attached hydrogen (secondary N) is 2. The van der Waals surface area contributed by atoms with Crippen molar-refractivity contribution in [3.63, 3.8) is 0 Å². The van der Waals surface area contributed by atoms with Crippen LogP contribution in [0.4, 0.5) is 4.79 Å². The molecule has 86 valence electrons. The van der Waals surface area contributed by atoms with Gasteiger partial charge in [-0.25, -0.2) is 4.79 Å². The zero-order chi connectivity index (χ0) is 12.0. The van der Waals surface area contributed by atoms with Crippen molar-refractivity contribution in [1.29, 1.82) is 0 Å². The van der Waals surface area contributed by atoms with Crippen LogP contribution in [0.25, 0.3) is 0 Å². The zero-order valence-corrected chi connectivity index (χ0v) is 10.3. The minimum Gasteiger partial charge on any atom is -0.481 e. The molecule has 2 amide bonds. The van der Waals surface area contributed by atoms with Crippen LogP contribution in [0.5, 0.6) is 0 Å². The Kier molecular flexibility index (Phi) is 6.00. The first kappa shape index (κ1) is 14.0. The molecule has 0 saturated heterocycles. The number of halogens is 1. The van der Waals surface area contributed by atoms with E-state index in [9.17, 15) is 9.59 Å². The fourth-order valence-electron chi connectivity index (χ4n) is 0.773. The number of hydrogen-bond donors (Lipinski definition) is 3. The molecule has 6 heteroatoms. The first-order chi connectivity index (χ1) is 6.84. The van der Waals surface area contributed by atoms with E-state index in [1.54, 1.807) is 6.92 Å². The summed E-state index contributed by atoms with van der Waals surface area (Å²) < 4.78 is 0.650. The zero-order valence-electron chi connectivity index (χ0n) is 8.71. The van der Waals surface area contributed by atoms with Crippen LogP contribution in [-0.4, -0.2) is 29.7 Å². The molecular formula is C9H15BrN2O3. The van der Waals surface area contributed by atoms with Crippen LogP contribution in [0.3, 0.4) is 0 Å². The summed E-state index contributed by atoms with van der Waals surface area (Å²) in [5.41, 5.74) is 0. The summed E-state index contributed by atoms with van der Waals surface area (Å²) in [5.74, 6) is -1.56. The molecule has 0 spiro atoms. The minimum absolute atomic E-state index is 0.306. The average Bonchev–Trinajstić information content (AvgIpc) is 2.13. The molecule has 0 aliphatic carbocycles. The van der Waals surface area contributed by atoms with E-state index in [2.05, 4.69) is 33.1 Å². The van der Waals surface area contributed by atoms with Gasteiger partial charge in [-0.1, -0.05) is 22.5 Å². The molecule has 0 saturated carbocycles. The van der Waals surface area contributed by atoms with Crippen LogP contribution in [0, 0.1) is 5.92 Å². The molecule has 0 heterocycles. The van der Waals surface area contributed by atoms with Gasteiger partial charge in [-0.15, -0.1) is 0 Å². The second kappa shape index (κ2) is 6.44. The van der Waals surface area contributed by atoms with Gasteiger partial charge in [0.25, 0.3) is 0 Å². The molecule has 15 heavy (non-hydrogen) atoms. The number of carbonyl (C=O) groups is 2. The van der Waals surface area contributed by atoms with Gasteiger partial charge in [-0.2, -0.15) is 0 Å². The van der Waals surface area contributed by atoms with Gasteiger partial charge in [-0.05, 0) is 13.8 Å². The lowest BCUT2D eigenvalue weighted by atomic mass is 10.0. The van der Waals surface area contributed by atoms with Gasteiger partial charge in [0.1, 0.15) is 0 Å². The van der Waals surface area contributed by atoms with Gasteiger partial charge >= 0.3 is 12.0 Å². The predicted octanol–water partition coefficient (Wildman–Crippen LogP) is 1.30. The molecule has 0 aromatic rings.